The number of hydrogen-bond acceptors (Lipinski definition) is 3. The molecule has 4 aromatic rings. The molecule has 0 aliphatic heterocycles. The lowest BCUT2D eigenvalue weighted by Gasteiger charge is -2.25. The van der Waals surface area contributed by atoms with E-state index in [1.807, 2.05) is 85.3 Å². The summed E-state index contributed by atoms with van der Waals surface area (Å²) in [7, 11) is 1.76. The van der Waals surface area contributed by atoms with Crippen molar-refractivity contribution in [3.63, 3.8) is 0 Å². The van der Waals surface area contributed by atoms with Gasteiger partial charge in [-0.1, -0.05) is 66.7 Å². The Bertz CT molecular complexity index is 1270. The van der Waals surface area contributed by atoms with Crippen LogP contribution in [0.3, 0.4) is 0 Å². The first-order chi connectivity index (χ1) is 16.5. The van der Waals surface area contributed by atoms with Crippen molar-refractivity contribution >= 4 is 11.8 Å². The van der Waals surface area contributed by atoms with E-state index in [9.17, 15) is 9.59 Å². The van der Waals surface area contributed by atoms with Crippen molar-refractivity contribution in [2.45, 2.75) is 26.4 Å². The molecule has 34 heavy (non-hydrogen) atoms. The van der Waals surface area contributed by atoms with Gasteiger partial charge in [0.1, 0.15) is 6.04 Å². The zero-order valence-corrected chi connectivity index (χ0v) is 19.6. The summed E-state index contributed by atoms with van der Waals surface area (Å²) in [6, 6.07) is 27.4. The first-order valence-electron chi connectivity index (χ1n) is 11.2. The molecule has 0 spiro atoms. The van der Waals surface area contributed by atoms with Crippen LogP contribution < -0.4 is 5.32 Å². The van der Waals surface area contributed by atoms with Crippen LogP contribution in [0.5, 0.6) is 0 Å². The maximum absolute atomic E-state index is 13.6. The van der Waals surface area contributed by atoms with Crippen LogP contribution in [0.25, 0.3) is 5.69 Å². The lowest BCUT2D eigenvalue weighted by atomic mass is 10.0. The Morgan fingerprint density at radius 2 is 1.44 bits per heavy atom. The van der Waals surface area contributed by atoms with Crippen LogP contribution in [0.1, 0.15) is 38.9 Å². The summed E-state index contributed by atoms with van der Waals surface area (Å²) >= 11 is 0. The largest absolute Gasteiger partial charge is 0.339 e. The molecule has 0 aliphatic carbocycles. The lowest BCUT2D eigenvalue weighted by molar-refractivity contribution is -0.132. The zero-order chi connectivity index (χ0) is 24.1. The number of benzene rings is 3. The van der Waals surface area contributed by atoms with Gasteiger partial charge < -0.3 is 10.2 Å². The number of nitrogens with one attached hydrogen (secondary N) is 1. The summed E-state index contributed by atoms with van der Waals surface area (Å²) < 4.78 is 1.90. The Hall–Kier alpha value is -4.19. The molecule has 3 aromatic carbocycles. The van der Waals surface area contributed by atoms with Crippen molar-refractivity contribution < 1.29 is 9.59 Å². The second-order valence-corrected chi connectivity index (χ2v) is 8.27. The lowest BCUT2D eigenvalue weighted by Crippen LogP contribution is -2.41. The summed E-state index contributed by atoms with van der Waals surface area (Å²) in [6.07, 6.45) is 0. The smallest absolute Gasteiger partial charge is 0.252 e. The van der Waals surface area contributed by atoms with Gasteiger partial charge >= 0.3 is 0 Å². The number of carbonyl (C=O) groups is 2. The molecular weight excluding hydrogens is 424 g/mol. The van der Waals surface area contributed by atoms with Gasteiger partial charge in [0, 0.05) is 30.4 Å². The molecule has 0 radical (unpaired) electrons. The van der Waals surface area contributed by atoms with Gasteiger partial charge in [0.05, 0.1) is 11.4 Å². The fourth-order valence-electron chi connectivity index (χ4n) is 4.00. The fourth-order valence-corrected chi connectivity index (χ4v) is 4.00. The average molecular weight is 453 g/mol. The Morgan fingerprint density at radius 3 is 2.06 bits per heavy atom. The van der Waals surface area contributed by atoms with E-state index in [-0.39, 0.29) is 11.8 Å². The summed E-state index contributed by atoms with van der Waals surface area (Å²) in [4.78, 5) is 28.1. The third-order valence-electron chi connectivity index (χ3n) is 5.90. The fraction of sp³-hybridized carbons (Fsp3) is 0.179. The quantitative estimate of drug-likeness (QED) is 0.445. The van der Waals surface area contributed by atoms with Gasteiger partial charge in [-0.2, -0.15) is 5.10 Å². The minimum atomic E-state index is -0.802. The van der Waals surface area contributed by atoms with E-state index >= 15 is 0 Å². The number of aromatic nitrogens is 2. The molecule has 0 fully saturated rings. The molecule has 0 saturated heterocycles. The molecule has 1 aromatic heterocycles. The first kappa shape index (κ1) is 23.0. The van der Waals surface area contributed by atoms with Crippen molar-refractivity contribution in [3.8, 4) is 5.69 Å². The molecule has 172 valence electrons. The average Bonchev–Trinajstić information content (AvgIpc) is 3.16. The van der Waals surface area contributed by atoms with Gasteiger partial charge in [0.25, 0.3) is 5.91 Å². The second kappa shape index (κ2) is 10.2. The minimum Gasteiger partial charge on any atom is -0.339 e. The van der Waals surface area contributed by atoms with Crippen LogP contribution in [-0.2, 0) is 11.3 Å². The third-order valence-corrected chi connectivity index (χ3v) is 5.90. The molecule has 2 amide bonds. The standard InChI is InChI=1S/C28H28N4O2/c1-20-25(21(2)32(30-20)24-17-11-6-12-18-24)19-31(3)28(34)26(22-13-7-4-8-14-22)29-27(33)23-15-9-5-10-16-23/h4-18,26H,19H2,1-3H3,(H,29,33). The normalized spacial score (nSPS) is 11.6. The summed E-state index contributed by atoms with van der Waals surface area (Å²) in [5.74, 6) is -0.484. The molecule has 4 rings (SSSR count). The molecule has 0 bridgehead atoms. The predicted octanol–water partition coefficient (Wildman–Crippen LogP) is 4.62. The summed E-state index contributed by atoms with van der Waals surface area (Å²) in [5, 5.41) is 7.62. The molecule has 1 heterocycles. The molecule has 6 nitrogen and oxygen atoms in total. The Labute approximate surface area is 199 Å². The van der Waals surface area contributed by atoms with Crippen molar-refractivity contribution in [1.82, 2.24) is 20.0 Å². The van der Waals surface area contributed by atoms with Gasteiger partial charge in [-0.05, 0) is 43.7 Å². The van der Waals surface area contributed by atoms with E-state index in [0.29, 0.717) is 12.1 Å². The Morgan fingerprint density at radius 1 is 0.882 bits per heavy atom. The van der Waals surface area contributed by atoms with Crippen LogP contribution in [0.2, 0.25) is 0 Å². The van der Waals surface area contributed by atoms with Crippen molar-refractivity contribution in [1.29, 1.82) is 0 Å². The van der Waals surface area contributed by atoms with Gasteiger partial charge in [0.15, 0.2) is 0 Å². The molecule has 1 atom stereocenters. The molecule has 1 N–H and O–H groups in total. The maximum atomic E-state index is 13.6. The van der Waals surface area contributed by atoms with E-state index in [4.69, 9.17) is 5.10 Å². The monoisotopic (exact) mass is 452 g/mol. The maximum Gasteiger partial charge on any atom is 0.252 e. The Balaban J connectivity index is 1.58. The van der Waals surface area contributed by atoms with Gasteiger partial charge in [-0.3, -0.25) is 9.59 Å². The van der Waals surface area contributed by atoms with Crippen LogP contribution in [0.4, 0.5) is 0 Å². The molecular formula is C28H28N4O2. The van der Waals surface area contributed by atoms with Crippen LogP contribution in [0, 0.1) is 13.8 Å². The van der Waals surface area contributed by atoms with Crippen molar-refractivity contribution in [2.75, 3.05) is 7.05 Å². The van der Waals surface area contributed by atoms with E-state index in [2.05, 4.69) is 5.32 Å². The topological polar surface area (TPSA) is 67.2 Å². The highest BCUT2D eigenvalue weighted by molar-refractivity contribution is 5.97. The number of para-hydroxylation sites is 1. The molecule has 1 unspecified atom stereocenters. The predicted molar refractivity (Wildman–Crippen MR) is 133 cm³/mol. The number of nitrogens with zero attached hydrogens (tertiary/aromatic N) is 3. The van der Waals surface area contributed by atoms with Gasteiger partial charge in [-0.25, -0.2) is 4.68 Å². The number of rotatable bonds is 7. The van der Waals surface area contributed by atoms with Crippen LogP contribution >= 0.6 is 0 Å². The third kappa shape index (κ3) is 4.91. The molecule has 0 aliphatic rings. The second-order valence-electron chi connectivity index (χ2n) is 8.27. The van der Waals surface area contributed by atoms with Crippen LogP contribution in [-0.4, -0.2) is 33.5 Å². The van der Waals surface area contributed by atoms with Gasteiger partial charge in [0.2, 0.25) is 5.91 Å². The SMILES string of the molecule is Cc1nn(-c2ccccc2)c(C)c1CN(C)C(=O)C(NC(=O)c1ccccc1)c1ccccc1. The minimum absolute atomic E-state index is 0.193. The Kier molecular flexibility index (Phi) is 6.87. The highest BCUT2D eigenvalue weighted by Gasteiger charge is 2.27. The van der Waals surface area contributed by atoms with E-state index in [0.717, 1.165) is 28.2 Å². The first-order valence-corrected chi connectivity index (χ1v) is 11.2. The van der Waals surface area contributed by atoms with E-state index in [1.165, 1.54) is 0 Å². The number of aryl methyl sites for hydroxylation is 1. The highest BCUT2D eigenvalue weighted by atomic mass is 16.2. The van der Waals surface area contributed by atoms with Crippen molar-refractivity contribution in [2.24, 2.45) is 0 Å². The number of hydrogen-bond donors (Lipinski definition) is 1. The molecule has 6 heteroatoms. The summed E-state index contributed by atoms with van der Waals surface area (Å²) in [5.41, 5.74) is 5.05. The van der Waals surface area contributed by atoms with E-state index in [1.54, 1.807) is 36.2 Å². The van der Waals surface area contributed by atoms with E-state index < -0.39 is 6.04 Å². The van der Waals surface area contributed by atoms with Gasteiger partial charge in [-0.15, -0.1) is 0 Å². The number of likely N-dealkylation sites (N-methyl/N-ethyl adjacent to an activating group) is 1. The van der Waals surface area contributed by atoms with Crippen LogP contribution in [0.15, 0.2) is 91.0 Å². The number of carbonyl (C=O) groups excluding carboxylic acids is 2. The zero-order valence-electron chi connectivity index (χ0n) is 19.6. The summed E-state index contributed by atoms with van der Waals surface area (Å²) in [6.45, 7) is 4.34. The van der Waals surface area contributed by atoms with Crippen molar-refractivity contribution in [3.05, 3.63) is 119 Å². The molecule has 0 saturated carbocycles. The highest BCUT2D eigenvalue weighted by Crippen LogP contribution is 2.22. The number of amides is 2.